The molecule has 0 spiro atoms. The number of aromatic nitrogens is 10. The molecule has 31 rings (SSSR count). The number of rotatable bonds is 10. The number of hydrogen-bond donors (Lipinski definition) is 0. The monoisotopic (exact) mass is 1870 g/mol. The van der Waals surface area contributed by atoms with E-state index in [-0.39, 0.29) is 0 Å². The summed E-state index contributed by atoms with van der Waals surface area (Å²) in [5.74, 6) is 5.59. The third-order valence-electron chi connectivity index (χ3n) is 29.2. The summed E-state index contributed by atoms with van der Waals surface area (Å²) in [7, 11) is 0. The van der Waals surface area contributed by atoms with Gasteiger partial charge in [-0.2, -0.15) is 9.97 Å². The molecular weight excluding hydrogens is 1790 g/mol. The van der Waals surface area contributed by atoms with Crippen LogP contribution in [0.5, 0.6) is 0 Å². The van der Waals surface area contributed by atoms with E-state index in [1.165, 1.54) is 135 Å². The minimum atomic E-state index is 0.601. The van der Waals surface area contributed by atoms with Gasteiger partial charge in [-0.1, -0.05) is 413 Å². The Kier molecular flexibility index (Phi) is 19.7. The van der Waals surface area contributed by atoms with Crippen molar-refractivity contribution in [3.05, 3.63) is 485 Å². The van der Waals surface area contributed by atoms with Crippen LogP contribution in [0.25, 0.3) is 303 Å². The molecule has 0 amide bonds. The second-order valence-corrected chi connectivity index (χ2v) is 37.7. The van der Waals surface area contributed by atoms with E-state index in [4.69, 9.17) is 53.7 Å². The third kappa shape index (κ3) is 14.5. The molecule has 0 unspecified atom stereocenters. The lowest BCUT2D eigenvalue weighted by atomic mass is 9.95. The Bertz CT molecular complexity index is 10700. The quantitative estimate of drug-likeness (QED) is 0.121. The Hall–Kier alpha value is -20.0. The van der Waals surface area contributed by atoms with Crippen molar-refractivity contribution in [1.29, 1.82) is 0 Å². The maximum absolute atomic E-state index is 6.27. The Labute approximate surface area is 840 Å². The van der Waals surface area contributed by atoms with Crippen LogP contribution in [-0.4, -0.2) is 49.4 Å². The van der Waals surface area contributed by atoms with Crippen molar-refractivity contribution in [3.63, 3.8) is 0 Å². The number of furan rings is 2. The molecule has 31 aromatic rings. The molecule has 6 heterocycles. The Morgan fingerprint density at radius 1 is 0.136 bits per heavy atom. The van der Waals surface area contributed by atoms with Gasteiger partial charge in [0.1, 0.15) is 22.3 Å². The largest absolute Gasteiger partial charge is 0.456 e. The Morgan fingerprint density at radius 2 is 0.401 bits per heavy atom. The number of fused-ring (bicyclic) bond motifs is 29. The van der Waals surface area contributed by atoms with Gasteiger partial charge >= 0.3 is 0 Å². The zero-order valence-electron chi connectivity index (χ0n) is 79.0. The lowest BCUT2D eigenvalue weighted by Crippen LogP contribution is -2.06. The molecule has 12 heteroatoms. The van der Waals surface area contributed by atoms with Crippen LogP contribution in [-0.2, 0) is 0 Å². The summed E-state index contributed by atoms with van der Waals surface area (Å²) in [5.41, 5.74) is 15.1. The summed E-state index contributed by atoms with van der Waals surface area (Å²) in [6.07, 6.45) is 0. The first kappa shape index (κ1) is 84.0. The highest BCUT2D eigenvalue weighted by Crippen LogP contribution is 2.45. The highest BCUT2D eigenvalue weighted by molar-refractivity contribution is 6.23. The minimum absolute atomic E-state index is 0.601. The molecule has 0 bridgehead atoms. The molecule has 0 aliphatic carbocycles. The normalized spacial score (nSPS) is 11.8. The van der Waals surface area contributed by atoms with Crippen LogP contribution in [0.15, 0.2) is 494 Å². The van der Waals surface area contributed by atoms with Gasteiger partial charge in [0, 0.05) is 76.8 Å². The first-order chi connectivity index (χ1) is 72.8. The highest BCUT2D eigenvalue weighted by atomic mass is 16.3. The van der Waals surface area contributed by atoms with Crippen molar-refractivity contribution in [2.75, 3.05) is 0 Å². The van der Waals surface area contributed by atoms with Gasteiger partial charge in [-0.25, -0.2) is 34.9 Å². The predicted octanol–water partition coefficient (Wildman–Crippen LogP) is 35.4. The minimum Gasteiger partial charge on any atom is -0.456 e. The van der Waals surface area contributed by atoms with E-state index in [1.54, 1.807) is 0 Å². The smallest absolute Gasteiger partial charge is 0.238 e. The second kappa shape index (κ2) is 34.5. The maximum atomic E-state index is 6.27. The zero-order valence-corrected chi connectivity index (χ0v) is 79.0. The summed E-state index contributed by atoms with van der Waals surface area (Å²) in [6, 6.07) is 170. The molecule has 0 radical (unpaired) electrons. The first-order valence-corrected chi connectivity index (χ1v) is 49.5. The van der Waals surface area contributed by atoms with E-state index in [2.05, 4.69) is 387 Å². The van der Waals surface area contributed by atoms with Gasteiger partial charge in [-0.15, -0.1) is 0 Å². The predicted molar refractivity (Wildman–Crippen MR) is 607 cm³/mol. The van der Waals surface area contributed by atoms with E-state index >= 15 is 0 Å². The van der Waals surface area contributed by atoms with E-state index in [0.717, 1.165) is 116 Å². The van der Waals surface area contributed by atoms with Crippen LogP contribution in [0.2, 0.25) is 0 Å². The number of benzene rings is 25. The van der Waals surface area contributed by atoms with Crippen molar-refractivity contribution in [2.24, 2.45) is 0 Å². The molecular formula is C135H80N10O2. The number of para-hydroxylation sites is 4. The first-order valence-electron chi connectivity index (χ1n) is 49.5. The van der Waals surface area contributed by atoms with Gasteiger partial charge < -0.3 is 8.83 Å². The molecule has 12 nitrogen and oxygen atoms in total. The SMILES string of the molecule is c1ccc(-c2ccccc2-c2nc(-c3ccc4ccc5c6ccccc6ccc5c4c3)nc(-c3cccc4oc5ccccc5c34)n2)cc1.c1ccc(-c2nc(-c3ccc4ccc5c6ccccc6ccc5c4c3)nc(-n3c4ccccc4c4ccccc43)n2)cc1.c1ccc2c(c1)ccc1c3cc(-c4nc(-c5ccc6ccc7c8ccccc8ccc7c6c5)nc(-c5ccc6oc7ccccc7c6c5)n4)ccc3ccc21. The molecule has 0 N–H and O–H groups in total. The van der Waals surface area contributed by atoms with Gasteiger partial charge in [0.15, 0.2) is 46.6 Å². The maximum Gasteiger partial charge on any atom is 0.238 e. The summed E-state index contributed by atoms with van der Waals surface area (Å²) >= 11 is 0. The van der Waals surface area contributed by atoms with E-state index in [9.17, 15) is 0 Å². The van der Waals surface area contributed by atoms with Crippen LogP contribution in [0.1, 0.15) is 0 Å². The average Bonchev–Trinajstić information content (AvgIpc) is 1.65. The molecule has 0 saturated carbocycles. The van der Waals surface area contributed by atoms with Crippen molar-refractivity contribution < 1.29 is 8.83 Å². The lowest BCUT2D eigenvalue weighted by Gasteiger charge is -2.13. The van der Waals surface area contributed by atoms with Crippen LogP contribution in [0.3, 0.4) is 0 Å². The van der Waals surface area contributed by atoms with Crippen LogP contribution in [0.4, 0.5) is 0 Å². The molecule has 0 atom stereocenters. The fraction of sp³-hybridized carbons (Fsp3) is 0. The van der Waals surface area contributed by atoms with Gasteiger partial charge in [-0.05, 0) is 213 Å². The van der Waals surface area contributed by atoms with Gasteiger partial charge in [-0.3, -0.25) is 4.57 Å². The van der Waals surface area contributed by atoms with Crippen molar-refractivity contribution in [3.8, 4) is 108 Å². The van der Waals surface area contributed by atoms with Crippen molar-refractivity contribution in [1.82, 2.24) is 49.4 Å². The van der Waals surface area contributed by atoms with Crippen molar-refractivity contribution in [2.45, 2.75) is 0 Å². The molecule has 25 aromatic carbocycles. The fourth-order valence-electron chi connectivity index (χ4n) is 22.2. The number of nitrogens with zero attached hydrogens (tertiary/aromatic N) is 10. The summed E-state index contributed by atoms with van der Waals surface area (Å²) in [6.45, 7) is 0. The van der Waals surface area contributed by atoms with E-state index < -0.39 is 0 Å². The van der Waals surface area contributed by atoms with Gasteiger partial charge in [0.2, 0.25) is 5.95 Å². The zero-order chi connectivity index (χ0) is 96.7. The molecule has 0 aliphatic rings. The van der Waals surface area contributed by atoms with Crippen LogP contribution in [0, 0.1) is 0 Å². The molecule has 682 valence electrons. The molecule has 0 saturated heterocycles. The highest BCUT2D eigenvalue weighted by Gasteiger charge is 2.25. The third-order valence-corrected chi connectivity index (χ3v) is 29.2. The summed E-state index contributed by atoms with van der Waals surface area (Å²) in [4.78, 5) is 46.5. The van der Waals surface area contributed by atoms with Gasteiger partial charge in [0.25, 0.3) is 0 Å². The number of hydrogen-bond acceptors (Lipinski definition) is 11. The summed E-state index contributed by atoms with van der Waals surface area (Å²) in [5, 5.41) is 35.6. The topological polar surface area (TPSA) is 147 Å². The second-order valence-electron chi connectivity index (χ2n) is 37.7. The Balaban J connectivity index is 0.000000105. The lowest BCUT2D eigenvalue weighted by molar-refractivity contribution is 0.668. The van der Waals surface area contributed by atoms with Crippen LogP contribution >= 0.6 is 0 Å². The van der Waals surface area contributed by atoms with Crippen LogP contribution < -0.4 is 0 Å². The van der Waals surface area contributed by atoms with Gasteiger partial charge in [0.05, 0.1) is 11.0 Å². The summed E-state index contributed by atoms with van der Waals surface area (Å²) < 4.78 is 14.6. The van der Waals surface area contributed by atoms with E-state index in [1.807, 2.05) is 103 Å². The molecule has 0 fully saturated rings. The fourth-order valence-corrected chi connectivity index (χ4v) is 22.2. The van der Waals surface area contributed by atoms with Crippen molar-refractivity contribution >= 4 is 195 Å². The molecule has 0 aliphatic heterocycles. The Morgan fingerprint density at radius 3 is 0.837 bits per heavy atom. The molecule has 6 aromatic heterocycles. The van der Waals surface area contributed by atoms with E-state index in [0.29, 0.717) is 52.5 Å². The average molecular weight is 1870 g/mol. The standard InChI is InChI=1S/C51H29N3O.C45H27N3O.C39H24N4/c1-3-9-37-30(7-1)17-24-41-39(37)22-19-32-13-15-34(27-44(32)41)49-52-50(54-51(53-49)36-21-26-48-46(29-36)43-11-5-6-12-47(43)55-48)35-16-14-33-20-23-40-38-10-4-2-8-31(38)18-25-42(40)45(33)28-35;1-2-11-28(12-3-1)33-15-6-7-16-36(33)44-46-43(47-45(48-44)38-18-10-20-41-42(38)37-17-8-9-19-40(37)49-41)31-22-21-30-24-25-34-32-14-5-4-13-29(32)23-26-35(34)39(30)27-31;1-2-11-27(12-3-1)37-40-38(42-39(41-37)43-35-16-8-6-14-32(35)33-15-7-9-17-36(33)43)28-19-18-26-21-22-30-29-13-5-4-10-25(29)20-23-31(30)34(26)24-28/h1-29H;1-27H;1-24H. The molecule has 147 heavy (non-hydrogen) atoms.